The number of nitrogen functional groups attached to an aromatic ring is 1. The molecule has 15 heavy (non-hydrogen) atoms. The Balaban J connectivity index is 2.56. The lowest BCUT2D eigenvalue weighted by molar-refractivity contribution is 0.340. The molecule has 4 nitrogen and oxygen atoms in total. The summed E-state index contributed by atoms with van der Waals surface area (Å²) in [7, 11) is 0. The van der Waals surface area contributed by atoms with Gasteiger partial charge in [-0.15, -0.1) is 0 Å². The standard InChI is InChI=1S/C11H13N3O/c1-3-15-8-4-5-9-10(6-8)13-7(2)11(12)14-9/h4-6H,3H2,1-2H3,(H2,12,14). The number of rotatable bonds is 2. The number of nitrogens with two attached hydrogens (primary N) is 1. The number of aromatic nitrogens is 2. The molecule has 0 fully saturated rings. The molecule has 2 N–H and O–H groups in total. The Kier molecular flexibility index (Phi) is 2.41. The molecule has 0 aliphatic carbocycles. The molecule has 0 saturated carbocycles. The number of ether oxygens (including phenoxy) is 1. The third-order valence-electron chi connectivity index (χ3n) is 2.16. The van der Waals surface area contributed by atoms with Crippen molar-refractivity contribution in [3.8, 4) is 5.75 Å². The van der Waals surface area contributed by atoms with E-state index in [1.807, 2.05) is 32.0 Å². The van der Waals surface area contributed by atoms with Gasteiger partial charge in [-0.25, -0.2) is 9.97 Å². The van der Waals surface area contributed by atoms with Crippen molar-refractivity contribution < 1.29 is 4.74 Å². The van der Waals surface area contributed by atoms with Gasteiger partial charge in [0.1, 0.15) is 11.6 Å². The van der Waals surface area contributed by atoms with Crippen molar-refractivity contribution in [2.45, 2.75) is 13.8 Å². The molecule has 1 heterocycles. The topological polar surface area (TPSA) is 61.0 Å². The molecule has 0 unspecified atom stereocenters. The zero-order chi connectivity index (χ0) is 10.8. The molecule has 0 spiro atoms. The minimum Gasteiger partial charge on any atom is -0.494 e. The minimum atomic E-state index is 0.478. The van der Waals surface area contributed by atoms with Crippen LogP contribution in [0.4, 0.5) is 5.82 Å². The number of fused-ring (bicyclic) bond motifs is 1. The maximum absolute atomic E-state index is 5.68. The van der Waals surface area contributed by atoms with Crippen LogP contribution in [-0.4, -0.2) is 16.6 Å². The van der Waals surface area contributed by atoms with Crippen molar-refractivity contribution in [3.05, 3.63) is 23.9 Å². The van der Waals surface area contributed by atoms with Crippen LogP contribution in [0.25, 0.3) is 11.0 Å². The first-order valence-corrected chi connectivity index (χ1v) is 4.87. The highest BCUT2D eigenvalue weighted by Gasteiger charge is 2.03. The zero-order valence-electron chi connectivity index (χ0n) is 8.82. The summed E-state index contributed by atoms with van der Waals surface area (Å²) < 4.78 is 5.39. The summed E-state index contributed by atoms with van der Waals surface area (Å²) >= 11 is 0. The van der Waals surface area contributed by atoms with E-state index < -0.39 is 0 Å². The highest BCUT2D eigenvalue weighted by molar-refractivity contribution is 5.77. The van der Waals surface area contributed by atoms with Gasteiger partial charge < -0.3 is 10.5 Å². The van der Waals surface area contributed by atoms with Crippen LogP contribution in [0.15, 0.2) is 18.2 Å². The van der Waals surface area contributed by atoms with Crippen LogP contribution in [0.1, 0.15) is 12.6 Å². The third-order valence-corrected chi connectivity index (χ3v) is 2.16. The second-order valence-electron chi connectivity index (χ2n) is 3.28. The Labute approximate surface area is 88.1 Å². The first-order valence-electron chi connectivity index (χ1n) is 4.87. The van der Waals surface area contributed by atoms with E-state index in [0.717, 1.165) is 22.5 Å². The molecule has 0 saturated heterocycles. The number of hydrogen-bond acceptors (Lipinski definition) is 4. The van der Waals surface area contributed by atoms with E-state index in [0.29, 0.717) is 12.4 Å². The fourth-order valence-corrected chi connectivity index (χ4v) is 1.39. The number of anilines is 1. The lowest BCUT2D eigenvalue weighted by Crippen LogP contribution is -1.98. The average molecular weight is 203 g/mol. The summed E-state index contributed by atoms with van der Waals surface area (Å²) in [4.78, 5) is 8.59. The molecule has 0 aliphatic rings. The van der Waals surface area contributed by atoms with Crippen LogP contribution in [-0.2, 0) is 0 Å². The molecule has 78 valence electrons. The van der Waals surface area contributed by atoms with E-state index in [1.54, 1.807) is 0 Å². The largest absolute Gasteiger partial charge is 0.494 e. The minimum absolute atomic E-state index is 0.478. The molecular formula is C11H13N3O. The summed E-state index contributed by atoms with van der Waals surface area (Å²) in [6.45, 7) is 4.44. The summed E-state index contributed by atoms with van der Waals surface area (Å²) in [6.07, 6.45) is 0. The van der Waals surface area contributed by atoms with E-state index in [-0.39, 0.29) is 0 Å². The first-order chi connectivity index (χ1) is 7.20. The first kappa shape index (κ1) is 9.71. The maximum atomic E-state index is 5.68. The second-order valence-corrected chi connectivity index (χ2v) is 3.28. The molecular weight excluding hydrogens is 190 g/mol. The Morgan fingerprint density at radius 3 is 2.80 bits per heavy atom. The van der Waals surface area contributed by atoms with E-state index >= 15 is 0 Å². The number of benzene rings is 1. The normalized spacial score (nSPS) is 10.5. The molecule has 0 aliphatic heterocycles. The van der Waals surface area contributed by atoms with Crippen molar-refractivity contribution in [2.24, 2.45) is 0 Å². The van der Waals surface area contributed by atoms with E-state index in [4.69, 9.17) is 10.5 Å². The molecule has 2 rings (SSSR count). The lowest BCUT2D eigenvalue weighted by Gasteiger charge is -2.05. The van der Waals surface area contributed by atoms with Gasteiger partial charge >= 0.3 is 0 Å². The van der Waals surface area contributed by atoms with Gasteiger partial charge in [-0.2, -0.15) is 0 Å². The summed E-state index contributed by atoms with van der Waals surface area (Å²) in [5, 5.41) is 0. The molecule has 2 aromatic rings. The molecule has 0 atom stereocenters. The fraction of sp³-hybridized carbons (Fsp3) is 0.273. The van der Waals surface area contributed by atoms with Gasteiger partial charge in [-0.05, 0) is 26.0 Å². The SMILES string of the molecule is CCOc1ccc2nc(N)c(C)nc2c1. The van der Waals surface area contributed by atoms with Crippen molar-refractivity contribution in [2.75, 3.05) is 12.3 Å². The predicted octanol–water partition coefficient (Wildman–Crippen LogP) is 1.92. The highest BCUT2D eigenvalue weighted by Crippen LogP contribution is 2.19. The zero-order valence-corrected chi connectivity index (χ0v) is 8.82. The fourth-order valence-electron chi connectivity index (χ4n) is 1.39. The van der Waals surface area contributed by atoms with Gasteiger partial charge in [-0.1, -0.05) is 0 Å². The molecule has 0 radical (unpaired) electrons. The van der Waals surface area contributed by atoms with Crippen LogP contribution in [0.3, 0.4) is 0 Å². The summed E-state index contributed by atoms with van der Waals surface area (Å²) in [5.74, 6) is 1.29. The van der Waals surface area contributed by atoms with Gasteiger partial charge in [0.2, 0.25) is 0 Å². The lowest BCUT2D eigenvalue weighted by atomic mass is 10.2. The monoisotopic (exact) mass is 203 g/mol. The number of aryl methyl sites for hydroxylation is 1. The van der Waals surface area contributed by atoms with Gasteiger partial charge in [0.25, 0.3) is 0 Å². The van der Waals surface area contributed by atoms with Crippen molar-refractivity contribution in [3.63, 3.8) is 0 Å². The van der Waals surface area contributed by atoms with Crippen LogP contribution in [0, 0.1) is 6.92 Å². The van der Waals surface area contributed by atoms with Crippen molar-refractivity contribution >= 4 is 16.9 Å². The molecule has 0 bridgehead atoms. The van der Waals surface area contributed by atoms with Crippen LogP contribution < -0.4 is 10.5 Å². The van der Waals surface area contributed by atoms with E-state index in [9.17, 15) is 0 Å². The summed E-state index contributed by atoms with van der Waals surface area (Å²) in [6, 6.07) is 5.61. The molecule has 0 amide bonds. The van der Waals surface area contributed by atoms with Gasteiger partial charge in [0.15, 0.2) is 0 Å². The highest BCUT2D eigenvalue weighted by atomic mass is 16.5. The van der Waals surface area contributed by atoms with Crippen LogP contribution in [0.5, 0.6) is 5.75 Å². The predicted molar refractivity (Wildman–Crippen MR) is 59.9 cm³/mol. The number of nitrogens with zero attached hydrogens (tertiary/aromatic N) is 2. The Morgan fingerprint density at radius 1 is 1.27 bits per heavy atom. The van der Waals surface area contributed by atoms with Crippen LogP contribution in [0.2, 0.25) is 0 Å². The van der Waals surface area contributed by atoms with Crippen molar-refractivity contribution in [1.82, 2.24) is 9.97 Å². The second kappa shape index (κ2) is 3.73. The van der Waals surface area contributed by atoms with Gasteiger partial charge in [0, 0.05) is 6.07 Å². The third kappa shape index (κ3) is 1.83. The molecule has 1 aromatic carbocycles. The molecule has 1 aromatic heterocycles. The van der Waals surface area contributed by atoms with Gasteiger partial charge in [0.05, 0.1) is 23.3 Å². The average Bonchev–Trinajstić information content (AvgIpc) is 2.21. The van der Waals surface area contributed by atoms with Crippen LogP contribution >= 0.6 is 0 Å². The van der Waals surface area contributed by atoms with E-state index in [1.165, 1.54) is 0 Å². The Morgan fingerprint density at radius 2 is 2.07 bits per heavy atom. The Hall–Kier alpha value is -1.84. The van der Waals surface area contributed by atoms with Crippen molar-refractivity contribution in [1.29, 1.82) is 0 Å². The number of hydrogen-bond donors (Lipinski definition) is 1. The summed E-state index contributed by atoms with van der Waals surface area (Å²) in [5.41, 5.74) is 8.03. The maximum Gasteiger partial charge on any atom is 0.145 e. The van der Waals surface area contributed by atoms with Gasteiger partial charge in [-0.3, -0.25) is 0 Å². The Bertz CT molecular complexity index is 496. The smallest absolute Gasteiger partial charge is 0.145 e. The molecule has 4 heteroatoms. The van der Waals surface area contributed by atoms with E-state index in [2.05, 4.69) is 9.97 Å². The quantitative estimate of drug-likeness (QED) is 0.810.